The van der Waals surface area contributed by atoms with Crippen LogP contribution in [0, 0.1) is 6.92 Å². The fraction of sp³-hybridized carbons (Fsp3) is 0.364. The molecule has 1 aliphatic heterocycles. The van der Waals surface area contributed by atoms with E-state index in [1.54, 1.807) is 24.3 Å². The lowest BCUT2D eigenvalue weighted by atomic mass is 10.1. The predicted octanol–water partition coefficient (Wildman–Crippen LogP) is 1.60. The molecule has 1 saturated heterocycles. The number of nitrogens with one attached hydrogen (secondary N) is 2. The van der Waals surface area contributed by atoms with E-state index < -0.39 is 6.04 Å². The Morgan fingerprint density at radius 2 is 2.07 bits per heavy atom. The van der Waals surface area contributed by atoms with Crippen LogP contribution in [0.25, 0.3) is 0 Å². The number of likely N-dealkylation sites (tertiary alicyclic amines) is 1. The Labute approximate surface area is 175 Å². The lowest BCUT2D eigenvalue weighted by molar-refractivity contribution is -0.135. The van der Waals surface area contributed by atoms with Crippen LogP contribution in [0.3, 0.4) is 0 Å². The number of benzene rings is 1. The highest BCUT2D eigenvalue weighted by molar-refractivity contribution is 5.99. The highest BCUT2D eigenvalue weighted by atomic mass is 16.2. The third-order valence-electron chi connectivity index (χ3n) is 5.04. The standard InChI is InChI=1S/C22H27N5O3/c1-15-8-9-17(13-24-15)21(29)26-19-7-2-3-10-27(22(19)30)14-20(28)25-18-6-4-5-16(11-18)12-23/h4-6,8-9,11,13,19H,2-3,7,10,12,14,23H2,1H3,(H,25,28)(H,26,29). The van der Waals surface area contributed by atoms with Crippen LogP contribution in [0.15, 0.2) is 42.6 Å². The van der Waals surface area contributed by atoms with Gasteiger partial charge in [0.15, 0.2) is 0 Å². The molecule has 0 radical (unpaired) electrons. The van der Waals surface area contributed by atoms with E-state index in [-0.39, 0.29) is 24.3 Å². The van der Waals surface area contributed by atoms with Gasteiger partial charge >= 0.3 is 0 Å². The van der Waals surface area contributed by atoms with E-state index in [1.165, 1.54) is 11.1 Å². The molecule has 1 fully saturated rings. The first-order valence-corrected chi connectivity index (χ1v) is 10.1. The van der Waals surface area contributed by atoms with Crippen LogP contribution >= 0.6 is 0 Å². The number of aryl methyl sites for hydroxylation is 1. The average Bonchev–Trinajstić information content (AvgIpc) is 2.90. The summed E-state index contributed by atoms with van der Waals surface area (Å²) in [6.45, 7) is 2.63. The molecule has 30 heavy (non-hydrogen) atoms. The summed E-state index contributed by atoms with van der Waals surface area (Å²) in [5.74, 6) is -0.871. The molecule has 2 aromatic rings. The van der Waals surface area contributed by atoms with Crippen LogP contribution < -0.4 is 16.4 Å². The van der Waals surface area contributed by atoms with Crippen LogP contribution in [-0.2, 0) is 16.1 Å². The van der Waals surface area contributed by atoms with Gasteiger partial charge in [0.25, 0.3) is 5.91 Å². The molecule has 0 bridgehead atoms. The zero-order valence-electron chi connectivity index (χ0n) is 17.1. The molecule has 3 amide bonds. The summed E-state index contributed by atoms with van der Waals surface area (Å²) in [4.78, 5) is 43.6. The largest absolute Gasteiger partial charge is 0.340 e. The van der Waals surface area contributed by atoms with Gasteiger partial charge in [0.05, 0.1) is 12.1 Å². The zero-order chi connectivity index (χ0) is 21.5. The van der Waals surface area contributed by atoms with Gasteiger partial charge in [0.1, 0.15) is 6.04 Å². The molecule has 4 N–H and O–H groups in total. The summed E-state index contributed by atoms with van der Waals surface area (Å²) >= 11 is 0. The molecule has 8 heteroatoms. The molecule has 0 spiro atoms. The van der Waals surface area contributed by atoms with Crippen LogP contribution in [0.2, 0.25) is 0 Å². The molecule has 0 saturated carbocycles. The smallest absolute Gasteiger partial charge is 0.253 e. The van der Waals surface area contributed by atoms with Gasteiger partial charge in [-0.3, -0.25) is 19.4 Å². The second kappa shape index (κ2) is 9.98. The third kappa shape index (κ3) is 5.64. The van der Waals surface area contributed by atoms with Crippen molar-refractivity contribution in [2.75, 3.05) is 18.4 Å². The second-order valence-electron chi connectivity index (χ2n) is 7.42. The third-order valence-corrected chi connectivity index (χ3v) is 5.04. The maximum atomic E-state index is 13.0. The summed E-state index contributed by atoms with van der Waals surface area (Å²) in [7, 11) is 0. The number of carbonyl (C=O) groups is 3. The average molecular weight is 409 g/mol. The number of amides is 3. The summed E-state index contributed by atoms with van der Waals surface area (Å²) in [5, 5.41) is 5.60. The van der Waals surface area contributed by atoms with Gasteiger partial charge < -0.3 is 21.3 Å². The highest BCUT2D eigenvalue weighted by Crippen LogP contribution is 2.14. The fourth-order valence-corrected chi connectivity index (χ4v) is 3.39. The van der Waals surface area contributed by atoms with Gasteiger partial charge in [0, 0.05) is 30.7 Å². The van der Waals surface area contributed by atoms with Crippen molar-refractivity contribution in [1.29, 1.82) is 0 Å². The SMILES string of the molecule is Cc1ccc(C(=O)NC2CCCCN(CC(=O)Nc3cccc(CN)c3)C2=O)cn1. The minimum atomic E-state index is -0.658. The number of nitrogens with two attached hydrogens (primary N) is 1. The Kier molecular flexibility index (Phi) is 7.13. The zero-order valence-corrected chi connectivity index (χ0v) is 17.1. The van der Waals surface area contributed by atoms with Gasteiger partial charge in [-0.2, -0.15) is 0 Å². The van der Waals surface area contributed by atoms with Crippen molar-refractivity contribution < 1.29 is 14.4 Å². The van der Waals surface area contributed by atoms with E-state index in [4.69, 9.17) is 5.73 Å². The first kappa shape index (κ1) is 21.4. The molecular weight excluding hydrogens is 382 g/mol. The monoisotopic (exact) mass is 409 g/mol. The van der Waals surface area contributed by atoms with E-state index in [2.05, 4.69) is 15.6 Å². The van der Waals surface area contributed by atoms with Crippen molar-refractivity contribution in [3.8, 4) is 0 Å². The Balaban J connectivity index is 1.62. The van der Waals surface area contributed by atoms with Gasteiger partial charge in [-0.1, -0.05) is 12.1 Å². The van der Waals surface area contributed by atoms with E-state index in [0.29, 0.717) is 30.8 Å². The maximum Gasteiger partial charge on any atom is 0.253 e. The first-order valence-electron chi connectivity index (χ1n) is 10.1. The predicted molar refractivity (Wildman–Crippen MR) is 114 cm³/mol. The quantitative estimate of drug-likeness (QED) is 0.670. The number of pyridine rings is 1. The van der Waals surface area contributed by atoms with Gasteiger partial charge in [-0.15, -0.1) is 0 Å². The minimum absolute atomic E-state index is 0.0653. The van der Waals surface area contributed by atoms with E-state index in [1.807, 2.05) is 19.1 Å². The molecule has 8 nitrogen and oxygen atoms in total. The molecule has 1 unspecified atom stereocenters. The Bertz CT molecular complexity index is 913. The van der Waals surface area contributed by atoms with Crippen molar-refractivity contribution in [3.63, 3.8) is 0 Å². The topological polar surface area (TPSA) is 117 Å². The number of anilines is 1. The van der Waals surface area contributed by atoms with Crippen molar-refractivity contribution >= 4 is 23.4 Å². The fourth-order valence-electron chi connectivity index (χ4n) is 3.39. The highest BCUT2D eigenvalue weighted by Gasteiger charge is 2.29. The lowest BCUT2D eigenvalue weighted by Crippen LogP contribution is -2.49. The summed E-state index contributed by atoms with van der Waals surface area (Å²) in [5.41, 5.74) is 8.40. The molecule has 1 aromatic carbocycles. The first-order chi connectivity index (χ1) is 14.5. The van der Waals surface area contributed by atoms with Crippen molar-refractivity contribution in [2.45, 2.75) is 38.8 Å². The van der Waals surface area contributed by atoms with E-state index >= 15 is 0 Å². The summed E-state index contributed by atoms with van der Waals surface area (Å²) in [6.07, 6.45) is 3.60. The normalized spacial score (nSPS) is 16.7. The van der Waals surface area contributed by atoms with Crippen LogP contribution in [-0.4, -0.2) is 46.7 Å². The number of aromatic nitrogens is 1. The van der Waals surface area contributed by atoms with Crippen LogP contribution in [0.5, 0.6) is 0 Å². The minimum Gasteiger partial charge on any atom is -0.340 e. The Morgan fingerprint density at radius 1 is 1.23 bits per heavy atom. The maximum absolute atomic E-state index is 13.0. The van der Waals surface area contributed by atoms with Crippen LogP contribution in [0.4, 0.5) is 5.69 Å². The molecule has 1 atom stereocenters. The van der Waals surface area contributed by atoms with Crippen molar-refractivity contribution in [1.82, 2.24) is 15.2 Å². The van der Waals surface area contributed by atoms with Gasteiger partial charge in [-0.25, -0.2) is 0 Å². The summed E-state index contributed by atoms with van der Waals surface area (Å²) in [6, 6.07) is 10.1. The Morgan fingerprint density at radius 3 is 2.80 bits per heavy atom. The summed E-state index contributed by atoms with van der Waals surface area (Å²) < 4.78 is 0. The number of rotatable bonds is 6. The molecule has 158 valence electrons. The second-order valence-corrected chi connectivity index (χ2v) is 7.42. The number of hydrogen-bond donors (Lipinski definition) is 3. The lowest BCUT2D eigenvalue weighted by Gasteiger charge is -2.24. The van der Waals surface area contributed by atoms with E-state index in [0.717, 1.165) is 24.1 Å². The number of carbonyl (C=O) groups excluding carboxylic acids is 3. The molecule has 0 aliphatic carbocycles. The number of hydrogen-bond acceptors (Lipinski definition) is 5. The molecule has 1 aliphatic rings. The van der Waals surface area contributed by atoms with E-state index in [9.17, 15) is 14.4 Å². The number of nitrogens with zero attached hydrogens (tertiary/aromatic N) is 2. The van der Waals surface area contributed by atoms with Crippen LogP contribution in [0.1, 0.15) is 40.9 Å². The molecule has 2 heterocycles. The Hall–Kier alpha value is -3.26. The molecule has 3 rings (SSSR count). The van der Waals surface area contributed by atoms with Gasteiger partial charge in [-0.05, 0) is 56.0 Å². The van der Waals surface area contributed by atoms with Gasteiger partial charge in [0.2, 0.25) is 11.8 Å². The van der Waals surface area contributed by atoms with Crippen molar-refractivity contribution in [2.24, 2.45) is 5.73 Å². The van der Waals surface area contributed by atoms with Crippen molar-refractivity contribution in [3.05, 3.63) is 59.4 Å². The molecular formula is C22H27N5O3. The molecule has 1 aromatic heterocycles.